The van der Waals surface area contributed by atoms with Crippen LogP contribution < -0.4 is 4.90 Å². The molecule has 0 aliphatic carbocycles. The summed E-state index contributed by atoms with van der Waals surface area (Å²) in [5, 5.41) is 9.78. The van der Waals surface area contributed by atoms with Gasteiger partial charge >= 0.3 is 0 Å². The first-order chi connectivity index (χ1) is 6.83. The summed E-state index contributed by atoms with van der Waals surface area (Å²) < 4.78 is 0. The summed E-state index contributed by atoms with van der Waals surface area (Å²) in [5.74, 6) is 0. The summed E-state index contributed by atoms with van der Waals surface area (Å²) >= 11 is 0. The van der Waals surface area contributed by atoms with Crippen LogP contribution in [0.4, 0.5) is 5.69 Å². The van der Waals surface area contributed by atoms with Gasteiger partial charge in [0.2, 0.25) is 0 Å². The highest BCUT2D eigenvalue weighted by atomic mass is 16.3. The number of rotatable bonds is 2. The Bertz CT molecular complexity index is 286. The van der Waals surface area contributed by atoms with Gasteiger partial charge in [-0.2, -0.15) is 0 Å². The van der Waals surface area contributed by atoms with Gasteiger partial charge in [-0.05, 0) is 25.0 Å². The van der Waals surface area contributed by atoms with Crippen LogP contribution in [0.5, 0.6) is 0 Å². The molecular weight excluding hydrogens is 174 g/mol. The van der Waals surface area contributed by atoms with E-state index < -0.39 is 0 Å². The van der Waals surface area contributed by atoms with Gasteiger partial charge in [0.1, 0.15) is 0 Å². The van der Waals surface area contributed by atoms with Crippen molar-refractivity contribution in [1.82, 2.24) is 0 Å². The molecule has 0 bridgehead atoms. The number of anilines is 1. The second kappa shape index (κ2) is 4.01. The minimum absolute atomic E-state index is 0.153. The maximum atomic E-state index is 9.78. The number of aliphatic hydroxyl groups is 1. The van der Waals surface area contributed by atoms with E-state index in [1.165, 1.54) is 5.69 Å². The van der Waals surface area contributed by atoms with E-state index in [0.29, 0.717) is 6.04 Å². The summed E-state index contributed by atoms with van der Waals surface area (Å²) in [7, 11) is 0. The van der Waals surface area contributed by atoms with E-state index in [4.69, 9.17) is 0 Å². The van der Waals surface area contributed by atoms with Crippen molar-refractivity contribution in [3.63, 3.8) is 0 Å². The topological polar surface area (TPSA) is 23.5 Å². The predicted molar refractivity (Wildman–Crippen MR) is 58.5 cm³/mol. The van der Waals surface area contributed by atoms with E-state index in [9.17, 15) is 5.11 Å². The van der Waals surface area contributed by atoms with Crippen LogP contribution in [0.1, 0.15) is 19.8 Å². The summed E-state index contributed by atoms with van der Waals surface area (Å²) in [5.41, 5.74) is 1.23. The standard InChI is InChI=1S/C12H17NO/c1-2-11-12(14)8-9-13(11)10-6-4-3-5-7-10/h3-7,11-12,14H,2,8-9H2,1H3/t11-,12?/m0/s1. The molecule has 76 valence electrons. The van der Waals surface area contributed by atoms with E-state index in [1.807, 2.05) is 18.2 Å². The highest BCUT2D eigenvalue weighted by Crippen LogP contribution is 2.26. The molecule has 1 aromatic rings. The van der Waals surface area contributed by atoms with Gasteiger partial charge in [-0.3, -0.25) is 0 Å². The van der Waals surface area contributed by atoms with E-state index in [1.54, 1.807) is 0 Å². The molecule has 0 amide bonds. The second-order valence-corrected chi connectivity index (χ2v) is 3.86. The summed E-state index contributed by atoms with van der Waals surface area (Å²) in [6.07, 6.45) is 1.75. The SMILES string of the molecule is CC[C@H]1C(O)CCN1c1ccccc1. The lowest BCUT2D eigenvalue weighted by atomic mass is 10.1. The zero-order valence-electron chi connectivity index (χ0n) is 8.56. The maximum absolute atomic E-state index is 9.78. The van der Waals surface area contributed by atoms with Crippen LogP contribution in [0.3, 0.4) is 0 Å². The molecule has 0 aromatic heterocycles. The first kappa shape index (κ1) is 9.53. The Morgan fingerprint density at radius 1 is 1.36 bits per heavy atom. The van der Waals surface area contributed by atoms with Crippen LogP contribution in [0.25, 0.3) is 0 Å². The number of hydrogen-bond donors (Lipinski definition) is 1. The number of aliphatic hydroxyl groups excluding tert-OH is 1. The van der Waals surface area contributed by atoms with Crippen molar-refractivity contribution in [2.75, 3.05) is 11.4 Å². The second-order valence-electron chi connectivity index (χ2n) is 3.86. The molecule has 1 saturated heterocycles. The Hall–Kier alpha value is -1.02. The van der Waals surface area contributed by atoms with Gasteiger partial charge in [-0.1, -0.05) is 25.1 Å². The van der Waals surface area contributed by atoms with Crippen molar-refractivity contribution in [2.45, 2.75) is 31.9 Å². The fourth-order valence-electron chi connectivity index (χ4n) is 2.27. The average molecular weight is 191 g/mol. The van der Waals surface area contributed by atoms with E-state index >= 15 is 0 Å². The lowest BCUT2D eigenvalue weighted by Crippen LogP contribution is -2.34. The van der Waals surface area contributed by atoms with Gasteiger partial charge < -0.3 is 10.0 Å². The van der Waals surface area contributed by atoms with Crippen molar-refractivity contribution in [3.8, 4) is 0 Å². The van der Waals surface area contributed by atoms with Gasteiger partial charge in [0.25, 0.3) is 0 Å². The van der Waals surface area contributed by atoms with Crippen LogP contribution in [0.2, 0.25) is 0 Å². The molecule has 1 aromatic carbocycles. The van der Waals surface area contributed by atoms with Gasteiger partial charge in [0.15, 0.2) is 0 Å². The highest BCUT2D eigenvalue weighted by Gasteiger charge is 2.30. The van der Waals surface area contributed by atoms with Gasteiger partial charge in [0, 0.05) is 12.2 Å². The molecule has 1 heterocycles. The molecular formula is C12H17NO. The van der Waals surface area contributed by atoms with Crippen molar-refractivity contribution < 1.29 is 5.11 Å². The summed E-state index contributed by atoms with van der Waals surface area (Å²) in [6, 6.07) is 10.6. The minimum atomic E-state index is -0.153. The first-order valence-electron chi connectivity index (χ1n) is 5.32. The fraction of sp³-hybridized carbons (Fsp3) is 0.500. The van der Waals surface area contributed by atoms with E-state index in [2.05, 4.69) is 24.0 Å². The molecule has 2 atom stereocenters. The Morgan fingerprint density at radius 3 is 2.71 bits per heavy atom. The molecule has 2 heteroatoms. The maximum Gasteiger partial charge on any atom is 0.0760 e. The third kappa shape index (κ3) is 1.62. The van der Waals surface area contributed by atoms with Crippen LogP contribution in [-0.2, 0) is 0 Å². The Morgan fingerprint density at radius 2 is 2.07 bits per heavy atom. The molecule has 1 aliphatic heterocycles. The molecule has 0 saturated carbocycles. The quantitative estimate of drug-likeness (QED) is 0.773. The third-order valence-electron chi connectivity index (χ3n) is 3.02. The smallest absolute Gasteiger partial charge is 0.0760 e. The molecule has 1 N–H and O–H groups in total. The monoisotopic (exact) mass is 191 g/mol. The normalized spacial score (nSPS) is 26.9. The first-order valence-corrected chi connectivity index (χ1v) is 5.32. The van der Waals surface area contributed by atoms with Gasteiger partial charge in [-0.25, -0.2) is 0 Å². The largest absolute Gasteiger partial charge is 0.391 e. The zero-order chi connectivity index (χ0) is 9.97. The summed E-state index contributed by atoms with van der Waals surface area (Å²) in [4.78, 5) is 2.31. The lowest BCUT2D eigenvalue weighted by molar-refractivity contribution is 0.162. The minimum Gasteiger partial charge on any atom is -0.391 e. The lowest BCUT2D eigenvalue weighted by Gasteiger charge is -2.27. The van der Waals surface area contributed by atoms with Crippen molar-refractivity contribution >= 4 is 5.69 Å². The predicted octanol–water partition coefficient (Wildman–Crippen LogP) is 2.04. The Labute approximate surface area is 85.2 Å². The average Bonchev–Trinajstić information content (AvgIpc) is 2.61. The van der Waals surface area contributed by atoms with E-state index in [0.717, 1.165) is 19.4 Å². The highest BCUT2D eigenvalue weighted by molar-refractivity contribution is 5.48. The number of hydrogen-bond acceptors (Lipinski definition) is 2. The van der Waals surface area contributed by atoms with Crippen molar-refractivity contribution in [2.24, 2.45) is 0 Å². The van der Waals surface area contributed by atoms with Crippen LogP contribution in [0, 0.1) is 0 Å². The molecule has 2 rings (SSSR count). The van der Waals surface area contributed by atoms with Crippen LogP contribution in [0.15, 0.2) is 30.3 Å². The molecule has 0 radical (unpaired) electrons. The Balaban J connectivity index is 2.19. The molecule has 1 fully saturated rings. The Kier molecular flexibility index (Phi) is 2.73. The van der Waals surface area contributed by atoms with Crippen molar-refractivity contribution in [3.05, 3.63) is 30.3 Å². The van der Waals surface area contributed by atoms with E-state index in [-0.39, 0.29) is 6.10 Å². The molecule has 14 heavy (non-hydrogen) atoms. The summed E-state index contributed by atoms with van der Waals surface area (Å²) in [6.45, 7) is 3.11. The number of nitrogens with zero attached hydrogens (tertiary/aromatic N) is 1. The molecule has 1 unspecified atom stereocenters. The molecule has 1 aliphatic rings. The zero-order valence-corrected chi connectivity index (χ0v) is 8.56. The number of benzene rings is 1. The molecule has 2 nitrogen and oxygen atoms in total. The van der Waals surface area contributed by atoms with Crippen LogP contribution in [-0.4, -0.2) is 23.8 Å². The van der Waals surface area contributed by atoms with Crippen molar-refractivity contribution in [1.29, 1.82) is 0 Å². The number of para-hydroxylation sites is 1. The molecule has 0 spiro atoms. The van der Waals surface area contributed by atoms with Crippen LogP contribution >= 0.6 is 0 Å². The van der Waals surface area contributed by atoms with Gasteiger partial charge in [0.05, 0.1) is 12.1 Å². The fourth-order valence-corrected chi connectivity index (χ4v) is 2.27. The van der Waals surface area contributed by atoms with Gasteiger partial charge in [-0.15, -0.1) is 0 Å². The third-order valence-corrected chi connectivity index (χ3v) is 3.02.